The zero-order chi connectivity index (χ0) is 11.1. The zero-order valence-corrected chi connectivity index (χ0v) is 10.5. The number of rotatable bonds is 4. The molecule has 1 aliphatic heterocycles. The molecule has 1 aliphatic rings. The van der Waals surface area contributed by atoms with Gasteiger partial charge in [-0.1, -0.05) is 6.92 Å². The van der Waals surface area contributed by atoms with Crippen LogP contribution in [0, 0.1) is 0 Å². The Morgan fingerprint density at radius 1 is 1.47 bits per heavy atom. The molecule has 0 aliphatic carbocycles. The van der Waals surface area contributed by atoms with E-state index in [2.05, 4.69) is 24.1 Å². The predicted molar refractivity (Wildman–Crippen MR) is 64.2 cm³/mol. The van der Waals surface area contributed by atoms with E-state index in [1.165, 1.54) is 32.4 Å². The van der Waals surface area contributed by atoms with Gasteiger partial charge in [-0.15, -0.1) is 0 Å². The number of methoxy groups -OCH3 is 1. The Labute approximate surface area is 94.2 Å². The van der Waals surface area contributed by atoms with Crippen molar-refractivity contribution in [2.75, 3.05) is 33.3 Å². The van der Waals surface area contributed by atoms with Crippen LogP contribution in [0.25, 0.3) is 0 Å². The summed E-state index contributed by atoms with van der Waals surface area (Å²) >= 11 is 0. The van der Waals surface area contributed by atoms with Gasteiger partial charge in [0.15, 0.2) is 0 Å². The van der Waals surface area contributed by atoms with Crippen molar-refractivity contribution in [3.63, 3.8) is 0 Å². The van der Waals surface area contributed by atoms with Gasteiger partial charge >= 0.3 is 0 Å². The highest BCUT2D eigenvalue weighted by atomic mass is 16.5. The van der Waals surface area contributed by atoms with E-state index in [9.17, 15) is 0 Å². The predicted octanol–water partition coefficient (Wildman–Crippen LogP) is 1.49. The fourth-order valence-corrected chi connectivity index (χ4v) is 2.13. The summed E-state index contributed by atoms with van der Waals surface area (Å²) in [6.07, 6.45) is 4.13. The minimum absolute atomic E-state index is 0.359. The smallest absolute Gasteiger partial charge is 0.0670 e. The van der Waals surface area contributed by atoms with Crippen LogP contribution in [0.15, 0.2) is 0 Å². The summed E-state index contributed by atoms with van der Waals surface area (Å²) < 4.78 is 5.32. The third kappa shape index (κ3) is 4.96. The highest BCUT2D eigenvalue weighted by Gasteiger charge is 2.15. The second-order valence-corrected chi connectivity index (χ2v) is 4.55. The van der Waals surface area contributed by atoms with E-state index >= 15 is 0 Å². The Morgan fingerprint density at radius 3 is 2.93 bits per heavy atom. The lowest BCUT2D eigenvalue weighted by Gasteiger charge is -2.30. The van der Waals surface area contributed by atoms with Gasteiger partial charge in [0.25, 0.3) is 0 Å². The Balaban J connectivity index is 2.31. The van der Waals surface area contributed by atoms with Crippen LogP contribution in [0.4, 0.5) is 0 Å². The fraction of sp³-hybridized carbons (Fsp3) is 1.00. The van der Waals surface area contributed by atoms with Crippen molar-refractivity contribution in [3.8, 4) is 0 Å². The summed E-state index contributed by atoms with van der Waals surface area (Å²) in [6, 6.07) is 0.714. The lowest BCUT2D eigenvalue weighted by atomic mass is 10.1. The van der Waals surface area contributed by atoms with Gasteiger partial charge in [-0.05, 0) is 45.8 Å². The van der Waals surface area contributed by atoms with Crippen LogP contribution in [0.1, 0.15) is 33.1 Å². The molecule has 3 heteroatoms. The maximum atomic E-state index is 5.32. The molecule has 3 nitrogen and oxygen atoms in total. The molecule has 2 unspecified atom stereocenters. The summed E-state index contributed by atoms with van der Waals surface area (Å²) in [5.41, 5.74) is 0. The average molecular weight is 214 g/mol. The lowest BCUT2D eigenvalue weighted by Crippen LogP contribution is -2.42. The maximum Gasteiger partial charge on any atom is 0.0670 e. The summed E-state index contributed by atoms with van der Waals surface area (Å²) in [4.78, 5) is 2.54. The van der Waals surface area contributed by atoms with Crippen molar-refractivity contribution < 1.29 is 4.74 Å². The quantitative estimate of drug-likeness (QED) is 0.767. The Kier molecular flexibility index (Phi) is 6.22. The van der Waals surface area contributed by atoms with E-state index in [-0.39, 0.29) is 0 Å². The molecular weight excluding hydrogens is 188 g/mol. The Bertz CT molecular complexity index is 164. The van der Waals surface area contributed by atoms with Crippen LogP contribution in [0.5, 0.6) is 0 Å². The molecular formula is C12H26N2O. The highest BCUT2D eigenvalue weighted by Crippen LogP contribution is 2.06. The first kappa shape index (κ1) is 12.9. The van der Waals surface area contributed by atoms with Gasteiger partial charge in [0.2, 0.25) is 0 Å². The van der Waals surface area contributed by atoms with Crippen molar-refractivity contribution in [1.82, 2.24) is 10.2 Å². The summed E-state index contributed by atoms with van der Waals surface area (Å²) in [6.45, 7) is 9.06. The Morgan fingerprint density at radius 2 is 2.27 bits per heavy atom. The molecule has 0 aromatic rings. The average Bonchev–Trinajstić information content (AvgIpc) is 2.22. The number of hydrogen-bond acceptors (Lipinski definition) is 3. The molecule has 1 rings (SSSR count). The lowest BCUT2D eigenvalue weighted by molar-refractivity contribution is 0.0727. The first-order valence-corrected chi connectivity index (χ1v) is 6.24. The van der Waals surface area contributed by atoms with E-state index in [1.54, 1.807) is 7.11 Å². The molecule has 1 heterocycles. The molecule has 0 saturated carbocycles. The number of nitrogens with zero attached hydrogens (tertiary/aromatic N) is 1. The van der Waals surface area contributed by atoms with Crippen molar-refractivity contribution in [3.05, 3.63) is 0 Å². The molecule has 0 aromatic carbocycles. The molecule has 15 heavy (non-hydrogen) atoms. The third-order valence-corrected chi connectivity index (χ3v) is 3.29. The van der Waals surface area contributed by atoms with Crippen molar-refractivity contribution in [2.45, 2.75) is 45.3 Å². The van der Waals surface area contributed by atoms with Crippen LogP contribution in [-0.2, 0) is 4.74 Å². The van der Waals surface area contributed by atoms with E-state index in [0.29, 0.717) is 12.1 Å². The van der Waals surface area contributed by atoms with E-state index in [0.717, 1.165) is 13.1 Å². The highest BCUT2D eigenvalue weighted by molar-refractivity contribution is 4.73. The minimum Gasteiger partial charge on any atom is -0.380 e. The Hall–Kier alpha value is -0.120. The van der Waals surface area contributed by atoms with Gasteiger partial charge in [0, 0.05) is 19.7 Å². The summed E-state index contributed by atoms with van der Waals surface area (Å²) in [5, 5.41) is 3.60. The number of hydrogen-bond donors (Lipinski definition) is 1. The summed E-state index contributed by atoms with van der Waals surface area (Å²) in [5.74, 6) is 0. The second kappa shape index (κ2) is 7.20. The van der Waals surface area contributed by atoms with Gasteiger partial charge in [0.05, 0.1) is 6.10 Å². The molecule has 0 spiro atoms. The third-order valence-electron chi connectivity index (χ3n) is 3.29. The van der Waals surface area contributed by atoms with Crippen LogP contribution in [0.3, 0.4) is 0 Å². The molecule has 1 N–H and O–H groups in total. The van der Waals surface area contributed by atoms with Crippen molar-refractivity contribution >= 4 is 0 Å². The number of nitrogens with one attached hydrogen (secondary N) is 1. The standard InChI is InChI=1S/C12H26N2O/c1-4-12-6-9-14(8-5-7-13-12)10-11(2)15-3/h11-13H,4-10H2,1-3H3. The maximum absolute atomic E-state index is 5.32. The van der Waals surface area contributed by atoms with Gasteiger partial charge in [-0.2, -0.15) is 0 Å². The normalized spacial score (nSPS) is 27.0. The van der Waals surface area contributed by atoms with E-state index in [4.69, 9.17) is 4.74 Å². The summed E-state index contributed by atoms with van der Waals surface area (Å²) in [7, 11) is 1.80. The van der Waals surface area contributed by atoms with Crippen LogP contribution in [0.2, 0.25) is 0 Å². The SMILES string of the molecule is CCC1CCN(CC(C)OC)CCCN1. The van der Waals surface area contributed by atoms with Crippen LogP contribution in [-0.4, -0.2) is 50.3 Å². The van der Waals surface area contributed by atoms with Crippen molar-refractivity contribution in [1.29, 1.82) is 0 Å². The molecule has 0 radical (unpaired) electrons. The molecule has 0 amide bonds. The molecule has 1 fully saturated rings. The van der Waals surface area contributed by atoms with E-state index < -0.39 is 0 Å². The van der Waals surface area contributed by atoms with E-state index in [1.807, 2.05) is 0 Å². The second-order valence-electron chi connectivity index (χ2n) is 4.55. The monoisotopic (exact) mass is 214 g/mol. The van der Waals surface area contributed by atoms with Crippen LogP contribution >= 0.6 is 0 Å². The topological polar surface area (TPSA) is 24.5 Å². The molecule has 90 valence electrons. The van der Waals surface area contributed by atoms with Crippen molar-refractivity contribution in [2.24, 2.45) is 0 Å². The van der Waals surface area contributed by atoms with Gasteiger partial charge in [-0.3, -0.25) is 0 Å². The van der Waals surface area contributed by atoms with Gasteiger partial charge in [0.1, 0.15) is 0 Å². The zero-order valence-electron chi connectivity index (χ0n) is 10.5. The fourth-order valence-electron chi connectivity index (χ4n) is 2.13. The first-order valence-electron chi connectivity index (χ1n) is 6.24. The van der Waals surface area contributed by atoms with Gasteiger partial charge < -0.3 is 15.0 Å². The molecule has 0 bridgehead atoms. The van der Waals surface area contributed by atoms with Gasteiger partial charge in [-0.25, -0.2) is 0 Å². The molecule has 2 atom stereocenters. The van der Waals surface area contributed by atoms with Crippen LogP contribution < -0.4 is 5.32 Å². The minimum atomic E-state index is 0.359. The number of ether oxygens (including phenoxy) is 1. The molecule has 1 saturated heterocycles. The molecule has 0 aromatic heterocycles. The first-order chi connectivity index (χ1) is 7.26. The largest absolute Gasteiger partial charge is 0.380 e.